The van der Waals surface area contributed by atoms with Crippen LogP contribution in [0.2, 0.25) is 0 Å². The summed E-state index contributed by atoms with van der Waals surface area (Å²) in [6, 6.07) is 9.29. The molecule has 27 heavy (non-hydrogen) atoms. The van der Waals surface area contributed by atoms with Crippen molar-refractivity contribution >= 4 is 21.6 Å². The van der Waals surface area contributed by atoms with Gasteiger partial charge in [-0.2, -0.15) is 0 Å². The third-order valence-corrected chi connectivity index (χ3v) is 5.21. The number of aryl methyl sites for hydroxylation is 1. The predicted octanol–water partition coefficient (Wildman–Crippen LogP) is 3.75. The molecule has 2 rings (SSSR count). The summed E-state index contributed by atoms with van der Waals surface area (Å²) >= 11 is 0. The van der Waals surface area contributed by atoms with Gasteiger partial charge in [-0.1, -0.05) is 18.2 Å². The molecule has 0 heterocycles. The topological polar surface area (TPSA) is 66.5 Å². The molecule has 1 N–H and O–H groups in total. The standard InChI is InChI=1S/C20H21FN2O3S/c1-4-12-23(13-5-2)20(24)19-14-18(11-6-15(19)3)27(25,26)22-17-9-7-16(21)8-10-17/h4-11,14,22H,1-2,12-13H2,3H3. The van der Waals surface area contributed by atoms with Crippen molar-refractivity contribution in [3.8, 4) is 0 Å². The first-order valence-corrected chi connectivity index (χ1v) is 9.67. The van der Waals surface area contributed by atoms with E-state index in [1.54, 1.807) is 25.1 Å². The predicted molar refractivity (Wildman–Crippen MR) is 105 cm³/mol. The van der Waals surface area contributed by atoms with Crippen LogP contribution in [0.25, 0.3) is 0 Å². The minimum atomic E-state index is -3.93. The Hall–Kier alpha value is -2.93. The molecule has 0 aliphatic heterocycles. The average molecular weight is 388 g/mol. The number of nitrogens with zero attached hydrogens (tertiary/aromatic N) is 1. The average Bonchev–Trinajstić information content (AvgIpc) is 2.63. The Labute approximate surface area is 158 Å². The van der Waals surface area contributed by atoms with Crippen molar-refractivity contribution < 1.29 is 17.6 Å². The van der Waals surface area contributed by atoms with Gasteiger partial charge in [-0.05, 0) is 48.9 Å². The maximum Gasteiger partial charge on any atom is 0.261 e. The van der Waals surface area contributed by atoms with Crippen molar-refractivity contribution in [3.05, 3.63) is 84.7 Å². The normalized spacial score (nSPS) is 10.9. The molecular formula is C20H21FN2O3S. The van der Waals surface area contributed by atoms with Crippen LogP contribution in [0.1, 0.15) is 15.9 Å². The number of benzene rings is 2. The third kappa shape index (κ3) is 5.04. The Balaban J connectivity index is 2.37. The van der Waals surface area contributed by atoms with Crippen LogP contribution >= 0.6 is 0 Å². The van der Waals surface area contributed by atoms with Crippen LogP contribution in [0.15, 0.2) is 72.7 Å². The molecule has 0 saturated heterocycles. The van der Waals surface area contributed by atoms with Crippen LogP contribution < -0.4 is 4.72 Å². The molecule has 5 nitrogen and oxygen atoms in total. The first kappa shape index (κ1) is 20.4. The molecule has 2 aromatic carbocycles. The zero-order valence-corrected chi connectivity index (χ0v) is 15.8. The molecule has 0 bridgehead atoms. The number of nitrogens with one attached hydrogen (secondary N) is 1. The minimum absolute atomic E-state index is 0.0575. The van der Waals surface area contributed by atoms with Gasteiger partial charge in [-0.3, -0.25) is 9.52 Å². The number of halogens is 1. The molecular weight excluding hydrogens is 367 g/mol. The number of hydrogen-bond donors (Lipinski definition) is 1. The molecule has 1 amide bonds. The zero-order chi connectivity index (χ0) is 20.0. The minimum Gasteiger partial charge on any atom is -0.331 e. The lowest BCUT2D eigenvalue weighted by atomic mass is 10.1. The summed E-state index contributed by atoms with van der Waals surface area (Å²) in [5.41, 5.74) is 1.16. The summed E-state index contributed by atoms with van der Waals surface area (Å²) < 4.78 is 40.6. The highest BCUT2D eigenvalue weighted by atomic mass is 32.2. The Morgan fingerprint density at radius 3 is 2.26 bits per heavy atom. The van der Waals surface area contributed by atoms with Crippen molar-refractivity contribution in [1.82, 2.24) is 4.90 Å². The van der Waals surface area contributed by atoms with Gasteiger partial charge < -0.3 is 4.90 Å². The van der Waals surface area contributed by atoms with Crippen LogP contribution in [0, 0.1) is 12.7 Å². The van der Waals surface area contributed by atoms with E-state index in [9.17, 15) is 17.6 Å². The van der Waals surface area contributed by atoms with E-state index in [2.05, 4.69) is 17.9 Å². The maximum absolute atomic E-state index is 13.0. The molecule has 142 valence electrons. The van der Waals surface area contributed by atoms with E-state index in [1.165, 1.54) is 29.2 Å². The Bertz CT molecular complexity index is 944. The fourth-order valence-electron chi connectivity index (χ4n) is 2.45. The lowest BCUT2D eigenvalue weighted by Crippen LogP contribution is -2.32. The molecule has 0 atom stereocenters. The summed E-state index contributed by atoms with van der Waals surface area (Å²) in [4.78, 5) is 14.2. The van der Waals surface area contributed by atoms with E-state index in [-0.39, 0.29) is 22.1 Å². The molecule has 0 unspecified atom stereocenters. The molecule has 2 aromatic rings. The summed E-state index contributed by atoms with van der Waals surface area (Å²) in [6.07, 6.45) is 3.18. The summed E-state index contributed by atoms with van der Waals surface area (Å²) in [6.45, 7) is 9.62. The fourth-order valence-corrected chi connectivity index (χ4v) is 3.54. The van der Waals surface area contributed by atoms with Gasteiger partial charge in [-0.25, -0.2) is 12.8 Å². The summed E-state index contributed by atoms with van der Waals surface area (Å²) in [5, 5.41) is 0. The van der Waals surface area contributed by atoms with E-state index in [4.69, 9.17) is 0 Å². The number of carbonyl (C=O) groups is 1. The SMILES string of the molecule is C=CCN(CC=C)C(=O)c1cc(S(=O)(=O)Nc2ccc(F)cc2)ccc1C. The van der Waals surface area contributed by atoms with Crippen LogP contribution in [-0.2, 0) is 10.0 Å². The second kappa shape index (κ2) is 8.64. The first-order chi connectivity index (χ1) is 12.8. The van der Waals surface area contributed by atoms with Crippen molar-refractivity contribution in [2.24, 2.45) is 0 Å². The van der Waals surface area contributed by atoms with Gasteiger partial charge >= 0.3 is 0 Å². The highest BCUT2D eigenvalue weighted by molar-refractivity contribution is 7.92. The molecule has 0 aliphatic carbocycles. The van der Waals surface area contributed by atoms with Gasteiger partial charge in [0.25, 0.3) is 15.9 Å². The molecule has 0 fully saturated rings. The molecule has 0 saturated carbocycles. The number of rotatable bonds is 8. The van der Waals surface area contributed by atoms with Crippen molar-refractivity contribution in [1.29, 1.82) is 0 Å². The number of sulfonamides is 1. The highest BCUT2D eigenvalue weighted by Crippen LogP contribution is 2.21. The second-order valence-electron chi connectivity index (χ2n) is 5.88. The summed E-state index contributed by atoms with van der Waals surface area (Å²) in [7, 11) is -3.93. The van der Waals surface area contributed by atoms with Gasteiger partial charge in [0.15, 0.2) is 0 Å². The highest BCUT2D eigenvalue weighted by Gasteiger charge is 2.21. The molecule has 0 radical (unpaired) electrons. The number of carbonyl (C=O) groups excluding carboxylic acids is 1. The molecule has 7 heteroatoms. The maximum atomic E-state index is 13.0. The molecule has 0 aromatic heterocycles. The van der Waals surface area contributed by atoms with Gasteiger partial charge in [0.2, 0.25) is 0 Å². The van der Waals surface area contributed by atoms with Gasteiger partial charge in [0.1, 0.15) is 5.82 Å². The van der Waals surface area contributed by atoms with Gasteiger partial charge in [0, 0.05) is 24.3 Å². The third-order valence-electron chi connectivity index (χ3n) is 3.83. The van der Waals surface area contributed by atoms with E-state index in [0.29, 0.717) is 18.7 Å². The molecule has 0 spiro atoms. The monoisotopic (exact) mass is 388 g/mol. The summed E-state index contributed by atoms with van der Waals surface area (Å²) in [5.74, 6) is -0.781. The van der Waals surface area contributed by atoms with Gasteiger partial charge in [-0.15, -0.1) is 13.2 Å². The fraction of sp³-hybridized carbons (Fsp3) is 0.150. The Kier molecular flexibility index (Phi) is 6.52. The van der Waals surface area contributed by atoms with Gasteiger partial charge in [0.05, 0.1) is 4.90 Å². The van der Waals surface area contributed by atoms with Crippen molar-refractivity contribution in [2.75, 3.05) is 17.8 Å². The van der Waals surface area contributed by atoms with Crippen molar-refractivity contribution in [3.63, 3.8) is 0 Å². The largest absolute Gasteiger partial charge is 0.331 e. The lowest BCUT2D eigenvalue weighted by Gasteiger charge is -2.21. The van der Waals surface area contributed by atoms with E-state index >= 15 is 0 Å². The first-order valence-electron chi connectivity index (χ1n) is 8.18. The lowest BCUT2D eigenvalue weighted by molar-refractivity contribution is 0.0790. The van der Waals surface area contributed by atoms with Crippen molar-refractivity contribution in [2.45, 2.75) is 11.8 Å². The van der Waals surface area contributed by atoms with Crippen LogP contribution in [0.5, 0.6) is 0 Å². The quantitative estimate of drug-likeness (QED) is 0.701. The van der Waals surface area contributed by atoms with Crippen LogP contribution in [-0.4, -0.2) is 32.3 Å². The van der Waals surface area contributed by atoms with Crippen LogP contribution in [0.3, 0.4) is 0 Å². The Morgan fingerprint density at radius 1 is 1.11 bits per heavy atom. The molecule has 0 aliphatic rings. The number of hydrogen-bond acceptors (Lipinski definition) is 3. The second-order valence-corrected chi connectivity index (χ2v) is 7.56. The van der Waals surface area contributed by atoms with E-state index in [0.717, 1.165) is 12.1 Å². The zero-order valence-electron chi connectivity index (χ0n) is 15.0. The number of anilines is 1. The van der Waals surface area contributed by atoms with E-state index in [1.807, 2.05) is 0 Å². The van der Waals surface area contributed by atoms with E-state index < -0.39 is 15.8 Å². The van der Waals surface area contributed by atoms with Crippen LogP contribution in [0.4, 0.5) is 10.1 Å². The smallest absolute Gasteiger partial charge is 0.261 e. The number of amides is 1. The Morgan fingerprint density at radius 2 is 1.70 bits per heavy atom.